The Labute approximate surface area is 203 Å². The molecule has 1 rings (SSSR count). The van der Waals surface area contributed by atoms with Gasteiger partial charge in [0.2, 0.25) is 17.7 Å². The van der Waals surface area contributed by atoms with E-state index in [1.54, 1.807) is 0 Å². The number of aromatic hydroxyl groups is 1. The van der Waals surface area contributed by atoms with Gasteiger partial charge < -0.3 is 37.0 Å². The number of carbonyl (C=O) groups is 5. The molecule has 0 aromatic heterocycles. The normalized spacial score (nSPS) is 14.3. The van der Waals surface area contributed by atoms with Crippen LogP contribution >= 0.6 is 0 Å². The maximum absolute atomic E-state index is 12.9. The number of hydrogen-bond donors (Lipinski definition) is 7. The van der Waals surface area contributed by atoms with Gasteiger partial charge in [0.1, 0.15) is 23.9 Å². The predicted octanol–water partition coefficient (Wildman–Crippen LogP) is -0.268. The Morgan fingerprint density at radius 1 is 0.857 bits per heavy atom. The first-order valence-corrected chi connectivity index (χ1v) is 11.2. The van der Waals surface area contributed by atoms with E-state index in [1.807, 2.05) is 13.8 Å². The number of rotatable bonds is 14. The Hall–Kier alpha value is -3.67. The highest BCUT2D eigenvalue weighted by molar-refractivity contribution is 5.94. The monoisotopic (exact) mass is 494 g/mol. The second-order valence-corrected chi connectivity index (χ2v) is 8.73. The first-order valence-electron chi connectivity index (χ1n) is 11.2. The minimum atomic E-state index is -1.28. The topological polar surface area (TPSA) is 208 Å². The van der Waals surface area contributed by atoms with E-state index in [0.717, 1.165) is 0 Å². The molecule has 0 heterocycles. The lowest BCUT2D eigenvalue weighted by Gasteiger charge is -2.25. The number of hydrogen-bond acceptors (Lipinski definition) is 7. The third-order valence-electron chi connectivity index (χ3n) is 5.09. The number of nitrogens with one attached hydrogen (secondary N) is 3. The molecule has 0 saturated heterocycles. The lowest BCUT2D eigenvalue weighted by Crippen LogP contribution is -2.56. The molecular weight excluding hydrogens is 460 g/mol. The first kappa shape index (κ1) is 29.4. The highest BCUT2D eigenvalue weighted by atomic mass is 16.4. The Morgan fingerprint density at radius 3 is 1.94 bits per heavy atom. The van der Waals surface area contributed by atoms with Crippen LogP contribution in [0.1, 0.15) is 45.6 Å². The van der Waals surface area contributed by atoms with Crippen LogP contribution < -0.4 is 21.7 Å². The van der Waals surface area contributed by atoms with E-state index < -0.39 is 53.8 Å². The molecule has 4 unspecified atom stereocenters. The Morgan fingerprint density at radius 2 is 1.43 bits per heavy atom. The zero-order valence-electron chi connectivity index (χ0n) is 20.0. The van der Waals surface area contributed by atoms with E-state index in [4.69, 9.17) is 10.8 Å². The molecule has 8 N–H and O–H groups in total. The van der Waals surface area contributed by atoms with Gasteiger partial charge in [0, 0.05) is 12.8 Å². The molecule has 4 atom stereocenters. The van der Waals surface area contributed by atoms with Crippen molar-refractivity contribution in [1.29, 1.82) is 0 Å². The van der Waals surface area contributed by atoms with Crippen LogP contribution in [0.15, 0.2) is 24.3 Å². The Bertz CT molecular complexity index is 903. The summed E-state index contributed by atoms with van der Waals surface area (Å²) in [6.07, 6.45) is -0.238. The number of carboxylic acid groups (broad SMARTS) is 2. The number of carboxylic acids is 2. The molecule has 0 saturated carbocycles. The molecule has 35 heavy (non-hydrogen) atoms. The summed E-state index contributed by atoms with van der Waals surface area (Å²) < 4.78 is 0. The summed E-state index contributed by atoms with van der Waals surface area (Å²) in [6, 6.07) is 1.35. The molecule has 0 spiro atoms. The van der Waals surface area contributed by atoms with Crippen LogP contribution in [0.3, 0.4) is 0 Å². The summed E-state index contributed by atoms with van der Waals surface area (Å²) in [5, 5.41) is 35.0. The van der Waals surface area contributed by atoms with Gasteiger partial charge in [-0.3, -0.25) is 19.2 Å². The molecule has 0 aliphatic carbocycles. The second-order valence-electron chi connectivity index (χ2n) is 8.73. The van der Waals surface area contributed by atoms with Crippen LogP contribution in [-0.2, 0) is 30.4 Å². The third kappa shape index (κ3) is 10.9. The molecule has 0 aliphatic heterocycles. The number of nitrogens with two attached hydrogens (primary N) is 1. The molecule has 12 heteroatoms. The van der Waals surface area contributed by atoms with Crippen LogP contribution in [0.25, 0.3) is 0 Å². The van der Waals surface area contributed by atoms with Crippen molar-refractivity contribution in [2.45, 2.75) is 70.6 Å². The standard InChI is InChI=1S/C23H34N4O8/c1-12(2)10-17(26-20(31)13(3)25-21(32)16(24)8-9-19(29)30)22(33)27-18(23(34)35)11-14-4-6-15(28)7-5-14/h4-7,12-13,16-18,28H,8-11,24H2,1-3H3,(H,25,32)(H,26,31)(H,27,33)(H,29,30)(H,34,35). The summed E-state index contributed by atoms with van der Waals surface area (Å²) in [5.41, 5.74) is 6.22. The number of benzene rings is 1. The smallest absolute Gasteiger partial charge is 0.326 e. The molecular formula is C23H34N4O8. The number of amides is 3. The zero-order valence-corrected chi connectivity index (χ0v) is 20.0. The highest BCUT2D eigenvalue weighted by Crippen LogP contribution is 2.12. The van der Waals surface area contributed by atoms with Crippen molar-refractivity contribution < 1.29 is 39.3 Å². The first-order chi connectivity index (χ1) is 16.3. The zero-order chi connectivity index (χ0) is 26.7. The maximum Gasteiger partial charge on any atom is 0.326 e. The van der Waals surface area contributed by atoms with Crippen LogP contribution in [0, 0.1) is 5.92 Å². The van der Waals surface area contributed by atoms with Crippen molar-refractivity contribution in [3.8, 4) is 5.75 Å². The van der Waals surface area contributed by atoms with Gasteiger partial charge in [-0.05, 0) is 43.4 Å². The quantitative estimate of drug-likeness (QED) is 0.181. The number of carbonyl (C=O) groups excluding carboxylic acids is 3. The SMILES string of the molecule is CC(C)CC(NC(=O)C(C)NC(=O)C(N)CCC(=O)O)C(=O)NC(Cc1ccc(O)cc1)C(=O)O. The average molecular weight is 495 g/mol. The van der Waals surface area contributed by atoms with Crippen molar-refractivity contribution in [2.75, 3.05) is 0 Å². The molecule has 0 bridgehead atoms. The molecule has 0 fully saturated rings. The van der Waals surface area contributed by atoms with Gasteiger partial charge in [-0.15, -0.1) is 0 Å². The van der Waals surface area contributed by atoms with Gasteiger partial charge in [0.25, 0.3) is 0 Å². The molecule has 0 aliphatic rings. The van der Waals surface area contributed by atoms with Gasteiger partial charge in [0.15, 0.2) is 0 Å². The van der Waals surface area contributed by atoms with Crippen molar-refractivity contribution in [1.82, 2.24) is 16.0 Å². The number of phenolic OH excluding ortho intramolecular Hbond substituents is 1. The van der Waals surface area contributed by atoms with E-state index in [2.05, 4.69) is 16.0 Å². The number of aliphatic carboxylic acids is 2. The molecule has 3 amide bonds. The molecule has 194 valence electrons. The summed E-state index contributed by atoms with van der Waals surface area (Å²) in [4.78, 5) is 60.0. The van der Waals surface area contributed by atoms with E-state index in [-0.39, 0.29) is 37.4 Å². The lowest BCUT2D eigenvalue weighted by atomic mass is 10.0. The van der Waals surface area contributed by atoms with Crippen molar-refractivity contribution in [3.05, 3.63) is 29.8 Å². The average Bonchev–Trinajstić information content (AvgIpc) is 2.77. The lowest BCUT2D eigenvalue weighted by molar-refractivity contribution is -0.142. The molecule has 1 aromatic rings. The van der Waals surface area contributed by atoms with E-state index in [1.165, 1.54) is 31.2 Å². The van der Waals surface area contributed by atoms with Gasteiger partial charge in [-0.1, -0.05) is 26.0 Å². The number of phenols is 1. The van der Waals surface area contributed by atoms with E-state index in [0.29, 0.717) is 5.56 Å². The second kappa shape index (κ2) is 13.9. The van der Waals surface area contributed by atoms with Gasteiger partial charge in [-0.25, -0.2) is 4.79 Å². The summed E-state index contributed by atoms with van der Waals surface area (Å²) in [6.45, 7) is 5.03. The minimum absolute atomic E-state index is 0.0217. The fourth-order valence-electron chi connectivity index (χ4n) is 3.14. The Balaban J connectivity index is 2.82. The predicted molar refractivity (Wildman–Crippen MR) is 125 cm³/mol. The van der Waals surface area contributed by atoms with E-state index >= 15 is 0 Å². The largest absolute Gasteiger partial charge is 0.508 e. The molecule has 0 radical (unpaired) electrons. The summed E-state index contributed by atoms with van der Waals surface area (Å²) in [5.74, 6) is -4.47. The van der Waals surface area contributed by atoms with Crippen LogP contribution in [-0.4, -0.2) is 69.1 Å². The van der Waals surface area contributed by atoms with Crippen LogP contribution in [0.4, 0.5) is 0 Å². The van der Waals surface area contributed by atoms with Crippen molar-refractivity contribution in [2.24, 2.45) is 11.7 Å². The summed E-state index contributed by atoms with van der Waals surface area (Å²) in [7, 11) is 0. The van der Waals surface area contributed by atoms with Crippen molar-refractivity contribution in [3.63, 3.8) is 0 Å². The van der Waals surface area contributed by atoms with Gasteiger partial charge in [0.05, 0.1) is 6.04 Å². The fraction of sp³-hybridized carbons (Fsp3) is 0.522. The van der Waals surface area contributed by atoms with Gasteiger partial charge in [-0.2, -0.15) is 0 Å². The maximum atomic E-state index is 12.9. The van der Waals surface area contributed by atoms with Gasteiger partial charge >= 0.3 is 11.9 Å². The summed E-state index contributed by atoms with van der Waals surface area (Å²) >= 11 is 0. The van der Waals surface area contributed by atoms with Crippen LogP contribution in [0.5, 0.6) is 5.75 Å². The highest BCUT2D eigenvalue weighted by Gasteiger charge is 2.29. The fourth-order valence-corrected chi connectivity index (χ4v) is 3.14. The van der Waals surface area contributed by atoms with Crippen molar-refractivity contribution >= 4 is 29.7 Å². The molecule has 1 aromatic carbocycles. The minimum Gasteiger partial charge on any atom is -0.508 e. The van der Waals surface area contributed by atoms with Crippen LogP contribution in [0.2, 0.25) is 0 Å². The molecule has 12 nitrogen and oxygen atoms in total. The van der Waals surface area contributed by atoms with E-state index in [9.17, 15) is 34.2 Å². The third-order valence-corrected chi connectivity index (χ3v) is 5.09. The Kier molecular flexibility index (Phi) is 11.7.